The van der Waals surface area contributed by atoms with E-state index in [4.69, 9.17) is 0 Å². The molecule has 1 nitrogen and oxygen atoms in total. The number of nitrogens with zero attached hydrogens (tertiary/aromatic N) is 1. The van der Waals surface area contributed by atoms with Crippen molar-refractivity contribution >= 4 is 27.8 Å². The second kappa shape index (κ2) is 11.3. The molecule has 4 bridgehead atoms. The molecule has 1 heteroatoms. The fourth-order valence-corrected chi connectivity index (χ4v) is 11.4. The molecule has 0 saturated heterocycles. The van der Waals surface area contributed by atoms with Crippen LogP contribution in [0.25, 0.3) is 44.2 Å². The Balaban J connectivity index is 1.03. The van der Waals surface area contributed by atoms with Crippen LogP contribution >= 0.6 is 0 Å². The minimum Gasteiger partial charge on any atom is -0.310 e. The number of anilines is 3. The van der Waals surface area contributed by atoms with Gasteiger partial charge in [-0.15, -0.1) is 0 Å². The summed E-state index contributed by atoms with van der Waals surface area (Å²) in [5.41, 5.74) is 14.9. The van der Waals surface area contributed by atoms with Gasteiger partial charge in [-0.05, 0) is 142 Å². The number of rotatable bonds is 5. The molecule has 246 valence electrons. The number of para-hydroxylation sites is 1. The lowest BCUT2D eigenvalue weighted by molar-refractivity contribution is -0.0399. The molecule has 4 fully saturated rings. The van der Waals surface area contributed by atoms with Gasteiger partial charge in [0, 0.05) is 22.4 Å². The average Bonchev–Trinajstić information content (AvgIpc) is 3.48. The van der Waals surface area contributed by atoms with Crippen molar-refractivity contribution in [3.63, 3.8) is 0 Å². The normalized spacial score (nSPS) is 23.8. The minimum absolute atomic E-state index is 0.184. The van der Waals surface area contributed by atoms with E-state index in [1.54, 1.807) is 11.1 Å². The van der Waals surface area contributed by atoms with Crippen molar-refractivity contribution < 1.29 is 0 Å². The van der Waals surface area contributed by atoms with E-state index in [-0.39, 0.29) is 5.41 Å². The van der Waals surface area contributed by atoms with Crippen molar-refractivity contribution in [1.82, 2.24) is 0 Å². The quantitative estimate of drug-likeness (QED) is 0.178. The van der Waals surface area contributed by atoms with Crippen molar-refractivity contribution in [1.29, 1.82) is 0 Å². The van der Waals surface area contributed by atoms with E-state index >= 15 is 0 Å². The number of hydrogen-bond acceptors (Lipinski definition) is 1. The first-order valence-corrected chi connectivity index (χ1v) is 19.0. The highest BCUT2D eigenvalue weighted by Crippen LogP contribution is 2.69. The third-order valence-corrected chi connectivity index (χ3v) is 13.2. The van der Waals surface area contributed by atoms with Crippen molar-refractivity contribution in [3.8, 4) is 33.4 Å². The van der Waals surface area contributed by atoms with Crippen LogP contribution in [0.2, 0.25) is 0 Å². The third kappa shape index (κ3) is 4.40. The molecule has 0 radical (unpaired) electrons. The van der Waals surface area contributed by atoms with E-state index < -0.39 is 0 Å². The summed E-state index contributed by atoms with van der Waals surface area (Å²) in [4.78, 5) is 2.43. The molecule has 7 aromatic rings. The van der Waals surface area contributed by atoms with Gasteiger partial charge >= 0.3 is 0 Å². The van der Waals surface area contributed by atoms with E-state index in [1.165, 1.54) is 81.9 Å². The van der Waals surface area contributed by atoms with Crippen LogP contribution in [0, 0.1) is 23.7 Å². The Morgan fingerprint density at radius 2 is 1.00 bits per heavy atom. The zero-order valence-corrected chi connectivity index (χ0v) is 28.9. The van der Waals surface area contributed by atoms with Crippen LogP contribution in [-0.2, 0) is 5.41 Å². The molecule has 0 atom stereocenters. The summed E-state index contributed by atoms with van der Waals surface area (Å²) in [6.45, 7) is 0. The first kappa shape index (κ1) is 29.3. The van der Waals surface area contributed by atoms with Crippen molar-refractivity contribution in [2.75, 3.05) is 4.90 Å². The monoisotopic (exact) mass is 655 g/mol. The van der Waals surface area contributed by atoms with Gasteiger partial charge in [0.1, 0.15) is 0 Å². The largest absolute Gasteiger partial charge is 0.310 e. The Morgan fingerprint density at radius 1 is 0.392 bits per heavy atom. The highest BCUT2D eigenvalue weighted by molar-refractivity contribution is 5.93. The highest BCUT2D eigenvalue weighted by atomic mass is 15.1. The summed E-state index contributed by atoms with van der Waals surface area (Å²) < 4.78 is 0. The van der Waals surface area contributed by atoms with Crippen molar-refractivity contribution in [2.45, 2.75) is 37.5 Å². The third-order valence-electron chi connectivity index (χ3n) is 13.2. The molecule has 12 rings (SSSR count). The van der Waals surface area contributed by atoms with E-state index in [0.717, 1.165) is 35.0 Å². The van der Waals surface area contributed by atoms with Gasteiger partial charge in [-0.3, -0.25) is 0 Å². The molecule has 5 aliphatic rings. The number of fused-ring (bicyclic) bond motifs is 4. The molecular formula is C50H41N. The zero-order valence-electron chi connectivity index (χ0n) is 28.9. The van der Waals surface area contributed by atoms with Crippen LogP contribution in [0.4, 0.5) is 17.1 Å². The zero-order chi connectivity index (χ0) is 33.5. The second-order valence-corrected chi connectivity index (χ2v) is 15.8. The maximum atomic E-state index is 2.61. The van der Waals surface area contributed by atoms with Crippen molar-refractivity contribution in [2.24, 2.45) is 23.7 Å². The first-order chi connectivity index (χ1) is 25.2. The fourth-order valence-electron chi connectivity index (χ4n) is 11.4. The topological polar surface area (TPSA) is 3.24 Å². The van der Waals surface area contributed by atoms with E-state index in [0.29, 0.717) is 0 Å². The Labute approximate surface area is 301 Å². The Morgan fingerprint density at radius 3 is 1.78 bits per heavy atom. The molecule has 5 aliphatic carbocycles. The standard InChI is InChI=1S/C50H41N/c1-2-11-37(12-3-1)44-14-7-9-17-49(44)51(43-24-20-35-10-4-5-13-38(35)31-43)42-22-18-36(19-23-42)39-21-25-46-45-15-6-8-16-47(45)50(48(46)32-39)40-27-33-26-34(29-40)30-41(50)28-33/h1-25,31-34,40-41H,26-30H2. The molecule has 0 heterocycles. The Bertz CT molecular complexity index is 2410. The predicted molar refractivity (Wildman–Crippen MR) is 213 cm³/mol. The predicted octanol–water partition coefficient (Wildman–Crippen LogP) is 13.4. The maximum Gasteiger partial charge on any atom is 0.0540 e. The SMILES string of the molecule is c1ccc(-c2ccccc2N(c2ccc(-c3ccc4c(c3)C3(c5ccccc5-4)C4CC5CC(C4)CC3C5)cc2)c2ccc3ccccc3c2)cc1. The van der Waals surface area contributed by atoms with Gasteiger partial charge in [-0.1, -0.05) is 127 Å². The van der Waals surface area contributed by atoms with Crippen LogP contribution in [0.5, 0.6) is 0 Å². The molecule has 51 heavy (non-hydrogen) atoms. The lowest BCUT2D eigenvalue weighted by Crippen LogP contribution is -2.55. The Hall–Kier alpha value is -5.40. The number of benzene rings is 7. The number of hydrogen-bond donors (Lipinski definition) is 0. The molecule has 4 saturated carbocycles. The van der Waals surface area contributed by atoms with Crippen LogP contribution in [0.1, 0.15) is 43.2 Å². The van der Waals surface area contributed by atoms with Gasteiger partial charge < -0.3 is 4.90 Å². The van der Waals surface area contributed by atoms with Gasteiger partial charge in [-0.2, -0.15) is 0 Å². The van der Waals surface area contributed by atoms with E-state index in [2.05, 4.69) is 169 Å². The van der Waals surface area contributed by atoms with Gasteiger partial charge in [0.2, 0.25) is 0 Å². The smallest absolute Gasteiger partial charge is 0.0540 e. The summed E-state index contributed by atoms with van der Waals surface area (Å²) in [6, 6.07) is 61.3. The summed E-state index contributed by atoms with van der Waals surface area (Å²) in [6.07, 6.45) is 7.13. The molecule has 0 unspecified atom stereocenters. The van der Waals surface area contributed by atoms with Gasteiger partial charge in [0.05, 0.1) is 5.69 Å². The second-order valence-electron chi connectivity index (χ2n) is 15.8. The fraction of sp³-hybridized carbons (Fsp3) is 0.200. The summed E-state index contributed by atoms with van der Waals surface area (Å²) in [7, 11) is 0. The summed E-state index contributed by atoms with van der Waals surface area (Å²) in [5, 5.41) is 2.50. The molecule has 1 spiro atoms. The van der Waals surface area contributed by atoms with E-state index in [9.17, 15) is 0 Å². The van der Waals surface area contributed by atoms with Crippen LogP contribution in [-0.4, -0.2) is 0 Å². The molecule has 0 amide bonds. The van der Waals surface area contributed by atoms with Gasteiger partial charge in [0.25, 0.3) is 0 Å². The van der Waals surface area contributed by atoms with Gasteiger partial charge in [-0.25, -0.2) is 0 Å². The molecule has 0 aromatic heterocycles. The highest BCUT2D eigenvalue weighted by Gasteiger charge is 2.61. The Kier molecular flexibility index (Phi) is 6.50. The van der Waals surface area contributed by atoms with Crippen LogP contribution in [0.3, 0.4) is 0 Å². The average molecular weight is 656 g/mol. The molecule has 0 aliphatic heterocycles. The summed E-state index contributed by atoms with van der Waals surface area (Å²) >= 11 is 0. The minimum atomic E-state index is 0.184. The maximum absolute atomic E-state index is 2.61. The van der Waals surface area contributed by atoms with Crippen LogP contribution < -0.4 is 4.90 Å². The van der Waals surface area contributed by atoms with Gasteiger partial charge in [0.15, 0.2) is 0 Å². The summed E-state index contributed by atoms with van der Waals surface area (Å²) in [5.74, 6) is 3.44. The van der Waals surface area contributed by atoms with Crippen LogP contribution in [0.15, 0.2) is 164 Å². The lowest BCUT2D eigenvalue weighted by Gasteiger charge is -2.61. The lowest BCUT2D eigenvalue weighted by atomic mass is 9.43. The first-order valence-electron chi connectivity index (χ1n) is 19.0. The molecular weight excluding hydrogens is 615 g/mol. The molecule has 7 aromatic carbocycles. The van der Waals surface area contributed by atoms with Crippen molar-refractivity contribution in [3.05, 3.63) is 175 Å². The van der Waals surface area contributed by atoms with E-state index in [1.807, 2.05) is 0 Å². The molecule has 0 N–H and O–H groups in total.